The van der Waals surface area contributed by atoms with Gasteiger partial charge in [0.25, 0.3) is 0 Å². The summed E-state index contributed by atoms with van der Waals surface area (Å²) in [5.74, 6) is 2.38. The smallest absolute Gasteiger partial charge is 0.238 e. The Morgan fingerprint density at radius 3 is 2.55 bits per heavy atom. The molecule has 0 aliphatic rings. The van der Waals surface area contributed by atoms with E-state index in [2.05, 4.69) is 46.4 Å². The molecule has 2 aromatic carbocycles. The molecule has 0 fully saturated rings. The van der Waals surface area contributed by atoms with E-state index in [1.165, 1.54) is 0 Å². The van der Waals surface area contributed by atoms with Gasteiger partial charge in [0.05, 0.1) is 11.6 Å². The SMILES string of the molecule is C=C/C(=C\C=C(/C)Oc1ccccc1)NC(=O)CN(CC(C)C)C(COc1ccccc1Cl)c1nn[nH]n1. The number of aromatic amines is 1. The number of ether oxygens (including phenoxy) is 2. The van der Waals surface area contributed by atoms with Crippen molar-refractivity contribution in [1.82, 2.24) is 30.8 Å². The van der Waals surface area contributed by atoms with Gasteiger partial charge in [0.1, 0.15) is 29.9 Å². The van der Waals surface area contributed by atoms with Crippen molar-refractivity contribution in [3.05, 3.63) is 102 Å². The fourth-order valence-corrected chi connectivity index (χ4v) is 3.81. The quantitative estimate of drug-likeness (QED) is 0.218. The average Bonchev–Trinajstić information content (AvgIpc) is 3.42. The normalized spacial score (nSPS) is 12.9. The largest absolute Gasteiger partial charge is 0.490 e. The van der Waals surface area contributed by atoms with Crippen molar-refractivity contribution in [2.75, 3.05) is 19.7 Å². The first-order valence-corrected chi connectivity index (χ1v) is 12.6. The van der Waals surface area contributed by atoms with Crippen molar-refractivity contribution in [2.45, 2.75) is 26.8 Å². The van der Waals surface area contributed by atoms with Crippen LogP contribution in [0.15, 0.2) is 90.9 Å². The minimum Gasteiger partial charge on any atom is -0.490 e. The Kier molecular flexibility index (Phi) is 11.1. The van der Waals surface area contributed by atoms with Crippen LogP contribution in [0.25, 0.3) is 0 Å². The standard InChI is InChI=1S/C28H33ClN6O3/c1-5-22(16-15-21(4)38-23-11-7-6-8-12-23)30-27(36)18-35(17-20(2)3)25(28-31-33-34-32-28)19-37-26-14-10-9-13-24(26)29/h5-16,20,25H,1,17-19H2,2-4H3,(H,30,36)(H,31,32,33,34)/b21-15+,22-16+. The van der Waals surface area contributed by atoms with Crippen molar-refractivity contribution in [3.63, 3.8) is 0 Å². The van der Waals surface area contributed by atoms with Gasteiger partial charge in [-0.2, -0.15) is 5.21 Å². The van der Waals surface area contributed by atoms with E-state index in [1.54, 1.807) is 30.4 Å². The molecule has 2 N–H and O–H groups in total. The molecule has 3 aromatic rings. The van der Waals surface area contributed by atoms with Crippen LogP contribution in [-0.4, -0.2) is 51.1 Å². The number of H-pyrrole nitrogens is 1. The van der Waals surface area contributed by atoms with E-state index in [4.69, 9.17) is 21.1 Å². The molecule has 38 heavy (non-hydrogen) atoms. The summed E-state index contributed by atoms with van der Waals surface area (Å²) in [7, 11) is 0. The van der Waals surface area contributed by atoms with Gasteiger partial charge >= 0.3 is 0 Å². The van der Waals surface area contributed by atoms with Crippen LogP contribution < -0.4 is 14.8 Å². The average molecular weight is 537 g/mol. The number of amides is 1. The summed E-state index contributed by atoms with van der Waals surface area (Å²) in [5, 5.41) is 17.9. The number of aromatic nitrogens is 4. The second-order valence-electron chi connectivity index (χ2n) is 8.92. The lowest BCUT2D eigenvalue weighted by molar-refractivity contribution is -0.122. The van der Waals surface area contributed by atoms with E-state index in [-0.39, 0.29) is 25.0 Å². The van der Waals surface area contributed by atoms with Crippen LogP contribution in [0.4, 0.5) is 0 Å². The lowest BCUT2D eigenvalue weighted by Gasteiger charge is -2.30. The second kappa shape index (κ2) is 14.7. The minimum atomic E-state index is -0.448. The Bertz CT molecular complexity index is 1230. The molecule has 1 aromatic heterocycles. The molecule has 1 unspecified atom stereocenters. The predicted octanol–water partition coefficient (Wildman–Crippen LogP) is 5.10. The highest BCUT2D eigenvalue weighted by Gasteiger charge is 2.28. The number of hydrogen-bond acceptors (Lipinski definition) is 7. The van der Waals surface area contributed by atoms with Gasteiger partial charge in [-0.05, 0) is 55.3 Å². The van der Waals surface area contributed by atoms with E-state index < -0.39 is 6.04 Å². The van der Waals surface area contributed by atoms with Crippen molar-refractivity contribution < 1.29 is 14.3 Å². The maximum atomic E-state index is 13.1. The summed E-state index contributed by atoms with van der Waals surface area (Å²) in [4.78, 5) is 15.1. The van der Waals surface area contributed by atoms with Gasteiger partial charge in [0.2, 0.25) is 5.91 Å². The Labute approximate surface area is 228 Å². The molecule has 3 rings (SSSR count). The summed E-state index contributed by atoms with van der Waals surface area (Å²) in [5.41, 5.74) is 0.541. The third kappa shape index (κ3) is 9.17. The number of hydrogen-bond donors (Lipinski definition) is 2. The summed E-state index contributed by atoms with van der Waals surface area (Å²) in [6.45, 7) is 10.6. The Balaban J connectivity index is 1.72. The summed E-state index contributed by atoms with van der Waals surface area (Å²) in [6.07, 6.45) is 5.09. The Hall–Kier alpha value is -3.95. The van der Waals surface area contributed by atoms with Crippen LogP contribution in [0.1, 0.15) is 32.6 Å². The number of halogens is 1. The van der Waals surface area contributed by atoms with Gasteiger partial charge in [-0.1, -0.05) is 67.6 Å². The number of rotatable bonds is 14. The Morgan fingerprint density at radius 1 is 1.16 bits per heavy atom. The molecule has 0 radical (unpaired) electrons. The molecule has 0 saturated carbocycles. The number of nitrogens with one attached hydrogen (secondary N) is 2. The minimum absolute atomic E-state index is 0.0671. The topological polar surface area (TPSA) is 105 Å². The first-order chi connectivity index (χ1) is 18.4. The van der Waals surface area contributed by atoms with Crippen molar-refractivity contribution in [1.29, 1.82) is 0 Å². The second-order valence-corrected chi connectivity index (χ2v) is 9.32. The number of benzene rings is 2. The Morgan fingerprint density at radius 2 is 1.89 bits per heavy atom. The molecule has 0 bridgehead atoms. The molecule has 0 spiro atoms. The van der Waals surface area contributed by atoms with E-state index in [0.717, 1.165) is 5.75 Å². The van der Waals surface area contributed by atoms with Gasteiger partial charge < -0.3 is 14.8 Å². The lowest BCUT2D eigenvalue weighted by Crippen LogP contribution is -2.43. The van der Waals surface area contributed by atoms with Gasteiger partial charge in [-0.3, -0.25) is 9.69 Å². The van der Waals surface area contributed by atoms with Crippen LogP contribution in [0, 0.1) is 5.92 Å². The van der Waals surface area contributed by atoms with Crippen LogP contribution in [0.5, 0.6) is 11.5 Å². The molecule has 1 atom stereocenters. The van der Waals surface area contributed by atoms with Crippen LogP contribution >= 0.6 is 11.6 Å². The number of para-hydroxylation sites is 2. The highest BCUT2D eigenvalue weighted by molar-refractivity contribution is 6.32. The number of carbonyl (C=O) groups excluding carboxylic acids is 1. The molecule has 200 valence electrons. The summed E-state index contributed by atoms with van der Waals surface area (Å²) in [6, 6.07) is 16.2. The molecular formula is C28H33ClN6O3. The van der Waals surface area contributed by atoms with Gasteiger partial charge in [-0.25, -0.2) is 0 Å². The molecule has 0 aliphatic carbocycles. The lowest BCUT2D eigenvalue weighted by atomic mass is 10.1. The zero-order chi connectivity index (χ0) is 27.3. The van der Waals surface area contributed by atoms with E-state index >= 15 is 0 Å². The zero-order valence-corrected chi connectivity index (χ0v) is 22.6. The molecular weight excluding hydrogens is 504 g/mol. The van der Waals surface area contributed by atoms with Crippen molar-refractivity contribution >= 4 is 17.5 Å². The van der Waals surface area contributed by atoms with Crippen LogP contribution in [0.2, 0.25) is 5.02 Å². The highest BCUT2D eigenvalue weighted by atomic mass is 35.5. The fourth-order valence-electron chi connectivity index (χ4n) is 3.62. The van der Waals surface area contributed by atoms with E-state index in [0.29, 0.717) is 34.6 Å². The highest BCUT2D eigenvalue weighted by Crippen LogP contribution is 2.26. The predicted molar refractivity (Wildman–Crippen MR) is 148 cm³/mol. The van der Waals surface area contributed by atoms with Crippen molar-refractivity contribution in [2.24, 2.45) is 5.92 Å². The first kappa shape index (κ1) is 28.6. The zero-order valence-electron chi connectivity index (χ0n) is 21.8. The first-order valence-electron chi connectivity index (χ1n) is 12.2. The molecule has 9 nitrogen and oxygen atoms in total. The number of carbonyl (C=O) groups is 1. The van der Waals surface area contributed by atoms with Gasteiger partial charge in [0, 0.05) is 12.2 Å². The van der Waals surface area contributed by atoms with Gasteiger partial charge in [-0.15, -0.1) is 10.2 Å². The number of nitrogens with zero attached hydrogens (tertiary/aromatic N) is 4. The monoisotopic (exact) mass is 536 g/mol. The summed E-state index contributed by atoms with van der Waals surface area (Å²) >= 11 is 6.27. The maximum Gasteiger partial charge on any atom is 0.238 e. The van der Waals surface area contributed by atoms with Crippen LogP contribution in [0.3, 0.4) is 0 Å². The maximum absolute atomic E-state index is 13.1. The van der Waals surface area contributed by atoms with Crippen LogP contribution in [-0.2, 0) is 4.79 Å². The third-order valence-corrected chi connectivity index (χ3v) is 5.62. The molecule has 10 heteroatoms. The third-order valence-electron chi connectivity index (χ3n) is 5.30. The van der Waals surface area contributed by atoms with E-state index in [9.17, 15) is 4.79 Å². The molecule has 0 aliphatic heterocycles. The van der Waals surface area contributed by atoms with E-state index in [1.807, 2.05) is 54.3 Å². The van der Waals surface area contributed by atoms with Gasteiger partial charge in [0.15, 0.2) is 5.82 Å². The molecule has 1 heterocycles. The number of allylic oxidation sites excluding steroid dienone is 4. The van der Waals surface area contributed by atoms with Crippen molar-refractivity contribution in [3.8, 4) is 11.5 Å². The number of tetrazole rings is 1. The molecule has 1 amide bonds. The summed E-state index contributed by atoms with van der Waals surface area (Å²) < 4.78 is 11.8. The fraction of sp³-hybridized carbons (Fsp3) is 0.286. The molecule has 0 saturated heterocycles.